The summed E-state index contributed by atoms with van der Waals surface area (Å²) < 4.78 is 69.7. The van der Waals surface area contributed by atoms with E-state index in [4.69, 9.17) is 0 Å². The molecule has 0 N–H and O–H groups in total. The quantitative estimate of drug-likeness (QED) is 0.511. The molecule has 6 nitrogen and oxygen atoms in total. The number of thiophene rings is 1. The van der Waals surface area contributed by atoms with Gasteiger partial charge in [-0.05, 0) is 48.6 Å². The second-order valence-electron chi connectivity index (χ2n) is 7.14. The highest BCUT2D eigenvalue weighted by molar-refractivity contribution is 7.94. The van der Waals surface area contributed by atoms with E-state index < -0.39 is 25.9 Å². The van der Waals surface area contributed by atoms with E-state index in [9.17, 15) is 21.2 Å². The second kappa shape index (κ2) is 8.70. The fourth-order valence-corrected chi connectivity index (χ4v) is 7.59. The van der Waals surface area contributed by atoms with E-state index in [-0.39, 0.29) is 26.9 Å². The number of benzene rings is 2. The lowest BCUT2D eigenvalue weighted by Crippen LogP contribution is -2.31. The molecule has 1 fully saturated rings. The minimum atomic E-state index is -4.03. The van der Waals surface area contributed by atoms with Gasteiger partial charge in [0.15, 0.2) is 0 Å². The Balaban J connectivity index is 1.80. The van der Waals surface area contributed by atoms with Crippen molar-refractivity contribution < 1.29 is 21.2 Å². The van der Waals surface area contributed by atoms with Crippen LogP contribution in [0.4, 0.5) is 10.1 Å². The number of halogens is 1. The first-order valence-corrected chi connectivity index (χ1v) is 13.5. The number of rotatable bonds is 7. The zero-order chi connectivity index (χ0) is 22.1. The second-order valence-corrected chi connectivity index (χ2v) is 12.1. The topological polar surface area (TPSA) is 74.8 Å². The zero-order valence-electron chi connectivity index (χ0n) is 16.5. The molecule has 0 aliphatic carbocycles. The number of nitrogens with zero attached hydrogens (tertiary/aromatic N) is 2. The van der Waals surface area contributed by atoms with Crippen molar-refractivity contribution >= 4 is 37.1 Å². The van der Waals surface area contributed by atoms with Gasteiger partial charge in [-0.2, -0.15) is 4.31 Å². The monoisotopic (exact) mass is 480 g/mol. The van der Waals surface area contributed by atoms with E-state index in [1.165, 1.54) is 52.8 Å². The normalized spacial score (nSPS) is 15.3. The van der Waals surface area contributed by atoms with E-state index in [1.54, 1.807) is 17.5 Å². The van der Waals surface area contributed by atoms with Crippen LogP contribution in [0, 0.1) is 5.82 Å². The zero-order valence-corrected chi connectivity index (χ0v) is 19.0. The Morgan fingerprint density at radius 1 is 0.935 bits per heavy atom. The lowest BCUT2D eigenvalue weighted by Gasteiger charge is -2.25. The first-order valence-electron chi connectivity index (χ1n) is 9.70. The maximum absolute atomic E-state index is 14.3. The van der Waals surface area contributed by atoms with Crippen LogP contribution in [0.3, 0.4) is 0 Å². The minimum absolute atomic E-state index is 0.0202. The first kappa shape index (κ1) is 21.9. The van der Waals surface area contributed by atoms with Crippen LogP contribution in [-0.4, -0.2) is 34.2 Å². The van der Waals surface area contributed by atoms with Crippen LogP contribution in [0.5, 0.6) is 0 Å². The van der Waals surface area contributed by atoms with E-state index in [0.717, 1.165) is 28.5 Å². The molecule has 31 heavy (non-hydrogen) atoms. The molecule has 0 unspecified atom stereocenters. The van der Waals surface area contributed by atoms with E-state index in [2.05, 4.69) is 0 Å². The lowest BCUT2D eigenvalue weighted by atomic mass is 10.2. The van der Waals surface area contributed by atoms with E-state index in [1.807, 2.05) is 0 Å². The van der Waals surface area contributed by atoms with Gasteiger partial charge in [0.2, 0.25) is 10.0 Å². The van der Waals surface area contributed by atoms with Crippen LogP contribution in [0.15, 0.2) is 75.1 Å². The molecule has 0 bridgehead atoms. The third-order valence-corrected chi connectivity index (χ3v) is 10.2. The fraction of sp³-hybridized carbons (Fsp3) is 0.238. The van der Waals surface area contributed by atoms with Crippen LogP contribution in [0.2, 0.25) is 0 Å². The molecular formula is C21H21FN2O4S3. The van der Waals surface area contributed by atoms with Gasteiger partial charge in [0, 0.05) is 18.7 Å². The van der Waals surface area contributed by atoms with Gasteiger partial charge >= 0.3 is 0 Å². The molecule has 0 atom stereocenters. The third-order valence-electron chi connectivity index (χ3n) is 5.12. The smallest absolute Gasteiger partial charge is 0.261 e. The van der Waals surface area contributed by atoms with Crippen molar-refractivity contribution in [3.63, 3.8) is 0 Å². The molecule has 1 aliphatic heterocycles. The van der Waals surface area contributed by atoms with E-state index >= 15 is 0 Å². The van der Waals surface area contributed by atoms with Crippen LogP contribution in [0.1, 0.15) is 18.4 Å². The Morgan fingerprint density at radius 2 is 1.68 bits per heavy atom. The van der Waals surface area contributed by atoms with Crippen molar-refractivity contribution in [3.05, 3.63) is 77.4 Å². The Hall–Kier alpha value is -2.27. The molecule has 1 saturated heterocycles. The maximum atomic E-state index is 14.3. The van der Waals surface area contributed by atoms with Gasteiger partial charge in [0.05, 0.1) is 17.1 Å². The van der Waals surface area contributed by atoms with Crippen molar-refractivity contribution in [2.24, 2.45) is 0 Å². The lowest BCUT2D eigenvalue weighted by molar-refractivity contribution is 0.477. The standard InChI is InChI=1S/C21H21FN2O4S3/c22-20-10-2-1-7-17(20)16-24(31(27,28)21-11-6-14-29-21)18-8-5-9-19(15-18)30(25,26)23-12-3-4-13-23/h1-2,5-11,14-15H,3-4,12-13,16H2. The summed E-state index contributed by atoms with van der Waals surface area (Å²) in [5.41, 5.74) is 0.354. The summed E-state index contributed by atoms with van der Waals surface area (Å²) >= 11 is 1.05. The Kier molecular flexibility index (Phi) is 6.16. The van der Waals surface area contributed by atoms with Crippen LogP contribution >= 0.6 is 11.3 Å². The summed E-state index contributed by atoms with van der Waals surface area (Å²) in [6.07, 6.45) is 1.59. The van der Waals surface area contributed by atoms with Gasteiger partial charge in [-0.3, -0.25) is 4.31 Å². The molecule has 164 valence electrons. The van der Waals surface area contributed by atoms with Crippen LogP contribution < -0.4 is 4.31 Å². The summed E-state index contributed by atoms with van der Waals surface area (Å²) in [5, 5.41) is 1.64. The average Bonchev–Trinajstić information content (AvgIpc) is 3.48. The highest BCUT2D eigenvalue weighted by Crippen LogP contribution is 2.31. The largest absolute Gasteiger partial charge is 0.274 e. The maximum Gasteiger partial charge on any atom is 0.274 e. The van der Waals surface area contributed by atoms with Gasteiger partial charge in [0.25, 0.3) is 10.0 Å². The predicted octanol–water partition coefficient (Wildman–Crippen LogP) is 4.07. The number of anilines is 1. The summed E-state index contributed by atoms with van der Waals surface area (Å²) in [6, 6.07) is 14.9. The number of hydrogen-bond acceptors (Lipinski definition) is 5. The van der Waals surface area contributed by atoms with Gasteiger partial charge in [0.1, 0.15) is 10.0 Å². The molecule has 0 spiro atoms. The molecule has 0 amide bonds. The number of hydrogen-bond donors (Lipinski definition) is 0. The number of sulfonamides is 2. The minimum Gasteiger partial charge on any atom is -0.261 e. The highest BCUT2D eigenvalue weighted by atomic mass is 32.2. The van der Waals surface area contributed by atoms with Crippen molar-refractivity contribution in [2.45, 2.75) is 28.5 Å². The van der Waals surface area contributed by atoms with Gasteiger partial charge in [-0.25, -0.2) is 21.2 Å². The third kappa shape index (κ3) is 4.38. The van der Waals surface area contributed by atoms with Gasteiger partial charge < -0.3 is 0 Å². The molecule has 2 heterocycles. The fourth-order valence-electron chi connectivity index (χ4n) is 3.49. The molecule has 1 aromatic heterocycles. The Morgan fingerprint density at radius 3 is 2.35 bits per heavy atom. The molecule has 4 rings (SSSR count). The molecule has 2 aromatic carbocycles. The first-order chi connectivity index (χ1) is 14.8. The SMILES string of the molecule is O=S(=O)(c1cccc(N(Cc2ccccc2F)S(=O)(=O)c2cccs2)c1)N1CCCC1. The van der Waals surface area contributed by atoms with Gasteiger partial charge in [-0.1, -0.05) is 30.3 Å². The molecule has 3 aromatic rings. The van der Waals surface area contributed by atoms with Crippen molar-refractivity contribution in [2.75, 3.05) is 17.4 Å². The molecule has 0 saturated carbocycles. The summed E-state index contributed by atoms with van der Waals surface area (Å²) in [5.74, 6) is -0.533. The van der Waals surface area contributed by atoms with Crippen molar-refractivity contribution in [1.82, 2.24) is 4.31 Å². The van der Waals surface area contributed by atoms with Crippen LogP contribution in [-0.2, 0) is 26.6 Å². The summed E-state index contributed by atoms with van der Waals surface area (Å²) in [6.45, 7) is 0.623. The summed E-state index contributed by atoms with van der Waals surface area (Å²) in [4.78, 5) is 0.0202. The van der Waals surface area contributed by atoms with Crippen LogP contribution in [0.25, 0.3) is 0 Å². The molecule has 0 radical (unpaired) electrons. The Bertz CT molecular complexity index is 1270. The molecule has 1 aliphatic rings. The van der Waals surface area contributed by atoms with Gasteiger partial charge in [-0.15, -0.1) is 11.3 Å². The van der Waals surface area contributed by atoms with Crippen molar-refractivity contribution in [1.29, 1.82) is 0 Å². The van der Waals surface area contributed by atoms with Crippen molar-refractivity contribution in [3.8, 4) is 0 Å². The average molecular weight is 481 g/mol. The highest BCUT2D eigenvalue weighted by Gasteiger charge is 2.30. The molecular weight excluding hydrogens is 459 g/mol. The Labute approximate surface area is 185 Å². The molecule has 10 heteroatoms. The summed E-state index contributed by atoms with van der Waals surface area (Å²) in [7, 11) is -7.76. The van der Waals surface area contributed by atoms with E-state index in [0.29, 0.717) is 13.1 Å². The predicted molar refractivity (Wildman–Crippen MR) is 119 cm³/mol.